The molecule has 22 heavy (non-hydrogen) atoms. The number of thiocarbonyl (C=S) groups is 1. The molecule has 0 saturated carbocycles. The highest BCUT2D eigenvalue weighted by molar-refractivity contribution is 7.79. The predicted molar refractivity (Wildman–Crippen MR) is 89.2 cm³/mol. The van der Waals surface area contributed by atoms with Gasteiger partial charge in [-0.1, -0.05) is 19.1 Å². The highest BCUT2D eigenvalue weighted by Crippen LogP contribution is 2.25. The van der Waals surface area contributed by atoms with E-state index in [4.69, 9.17) is 18.0 Å². The van der Waals surface area contributed by atoms with Crippen LogP contribution in [0.1, 0.15) is 18.5 Å². The molecule has 0 aliphatic rings. The summed E-state index contributed by atoms with van der Waals surface area (Å²) in [6.07, 6.45) is 0. The van der Waals surface area contributed by atoms with Crippen molar-refractivity contribution in [2.24, 2.45) is 0 Å². The molecule has 0 saturated heterocycles. The fourth-order valence-corrected chi connectivity index (χ4v) is 2.35. The molecule has 0 aliphatic carbocycles. The number of benzene rings is 1. The SMILES string of the molecule is CC(C=S)c1nc(N)nc2ccc(-c3ccc(F)cc3)nc12. The number of nitrogen functional groups attached to an aromatic ring is 1. The molecule has 0 spiro atoms. The second-order valence-electron chi connectivity index (χ2n) is 4.96. The molecule has 6 heteroatoms. The Balaban J connectivity index is 2.21. The zero-order valence-corrected chi connectivity index (χ0v) is 12.6. The molecule has 0 fully saturated rings. The molecule has 0 aliphatic heterocycles. The fourth-order valence-electron chi connectivity index (χ4n) is 2.22. The van der Waals surface area contributed by atoms with Crippen LogP contribution in [0.3, 0.4) is 0 Å². The molecular weight excluding hydrogens is 299 g/mol. The summed E-state index contributed by atoms with van der Waals surface area (Å²) in [4.78, 5) is 13.1. The smallest absolute Gasteiger partial charge is 0.220 e. The number of rotatable bonds is 3. The van der Waals surface area contributed by atoms with Gasteiger partial charge in [-0.2, -0.15) is 0 Å². The van der Waals surface area contributed by atoms with E-state index in [1.165, 1.54) is 12.1 Å². The first-order valence-corrected chi connectivity index (χ1v) is 7.21. The van der Waals surface area contributed by atoms with Crippen LogP contribution in [0.4, 0.5) is 10.3 Å². The first-order chi connectivity index (χ1) is 10.6. The summed E-state index contributed by atoms with van der Waals surface area (Å²) in [5.41, 5.74) is 9.30. The summed E-state index contributed by atoms with van der Waals surface area (Å²) >= 11 is 5.01. The van der Waals surface area contributed by atoms with Crippen molar-refractivity contribution in [1.82, 2.24) is 15.0 Å². The lowest BCUT2D eigenvalue weighted by molar-refractivity contribution is 0.628. The van der Waals surface area contributed by atoms with E-state index in [2.05, 4.69) is 15.0 Å². The largest absolute Gasteiger partial charge is 0.368 e. The van der Waals surface area contributed by atoms with Crippen LogP contribution >= 0.6 is 12.2 Å². The van der Waals surface area contributed by atoms with E-state index in [0.717, 1.165) is 11.3 Å². The van der Waals surface area contributed by atoms with Crippen LogP contribution in [-0.2, 0) is 0 Å². The molecule has 0 amide bonds. The maximum absolute atomic E-state index is 13.0. The fraction of sp³-hybridized carbons (Fsp3) is 0.125. The number of aromatic nitrogens is 3. The lowest BCUT2D eigenvalue weighted by Crippen LogP contribution is -2.06. The average Bonchev–Trinajstić information content (AvgIpc) is 2.53. The number of hydrogen-bond donors (Lipinski definition) is 1. The number of halogens is 1. The van der Waals surface area contributed by atoms with Gasteiger partial charge in [0, 0.05) is 11.5 Å². The summed E-state index contributed by atoms with van der Waals surface area (Å²) in [5, 5.41) is 1.62. The molecule has 110 valence electrons. The Morgan fingerprint density at radius 3 is 2.50 bits per heavy atom. The molecule has 1 aromatic carbocycles. The Kier molecular flexibility index (Phi) is 3.77. The van der Waals surface area contributed by atoms with E-state index in [0.29, 0.717) is 16.7 Å². The van der Waals surface area contributed by atoms with Crippen LogP contribution in [0, 0.1) is 5.82 Å². The predicted octanol–water partition coefficient (Wildman–Crippen LogP) is 3.52. The third-order valence-electron chi connectivity index (χ3n) is 3.36. The third-order valence-corrected chi connectivity index (χ3v) is 3.77. The van der Waals surface area contributed by atoms with Gasteiger partial charge in [0.1, 0.15) is 11.3 Å². The van der Waals surface area contributed by atoms with Crippen molar-refractivity contribution in [2.45, 2.75) is 12.8 Å². The quantitative estimate of drug-likeness (QED) is 0.750. The summed E-state index contributed by atoms with van der Waals surface area (Å²) in [6, 6.07) is 9.84. The van der Waals surface area contributed by atoms with Gasteiger partial charge in [-0.15, -0.1) is 0 Å². The van der Waals surface area contributed by atoms with E-state index < -0.39 is 0 Å². The van der Waals surface area contributed by atoms with Gasteiger partial charge in [-0.25, -0.2) is 19.3 Å². The van der Waals surface area contributed by atoms with Gasteiger partial charge >= 0.3 is 0 Å². The summed E-state index contributed by atoms with van der Waals surface area (Å²) in [5.74, 6) is -0.156. The molecule has 2 N–H and O–H groups in total. The zero-order chi connectivity index (χ0) is 15.7. The molecular formula is C16H13FN4S. The number of fused-ring (bicyclic) bond motifs is 1. The third kappa shape index (κ3) is 2.65. The van der Waals surface area contributed by atoms with Crippen LogP contribution in [-0.4, -0.2) is 20.3 Å². The monoisotopic (exact) mass is 312 g/mol. The highest BCUT2D eigenvalue weighted by Gasteiger charge is 2.14. The zero-order valence-electron chi connectivity index (χ0n) is 11.8. The minimum atomic E-state index is -0.282. The molecule has 3 aromatic rings. The van der Waals surface area contributed by atoms with Gasteiger partial charge in [0.05, 0.1) is 16.9 Å². The van der Waals surface area contributed by atoms with Crippen molar-refractivity contribution in [2.75, 3.05) is 5.73 Å². The normalized spacial score (nSPS) is 12.3. The van der Waals surface area contributed by atoms with Crippen molar-refractivity contribution in [3.8, 4) is 11.3 Å². The van der Waals surface area contributed by atoms with E-state index in [1.54, 1.807) is 17.5 Å². The van der Waals surface area contributed by atoms with E-state index in [-0.39, 0.29) is 17.7 Å². The van der Waals surface area contributed by atoms with E-state index >= 15 is 0 Å². The van der Waals surface area contributed by atoms with E-state index in [1.807, 2.05) is 19.1 Å². The Bertz CT molecular complexity index is 849. The molecule has 0 bridgehead atoms. The lowest BCUT2D eigenvalue weighted by atomic mass is 10.1. The molecule has 1 atom stereocenters. The standard InChI is InChI=1S/C16H13FN4S/c1-9(8-22)14-15-13(20-16(18)21-14)7-6-12(19-15)10-2-4-11(17)5-3-10/h2-9H,1H3,(H2,18,20,21). The minimum Gasteiger partial charge on any atom is -0.368 e. The molecule has 2 heterocycles. The molecule has 0 radical (unpaired) electrons. The van der Waals surface area contributed by atoms with Crippen LogP contribution in [0.15, 0.2) is 36.4 Å². The van der Waals surface area contributed by atoms with Crippen molar-refractivity contribution in [3.05, 3.63) is 47.9 Å². The Hall–Kier alpha value is -2.47. The number of nitrogens with two attached hydrogens (primary N) is 1. The van der Waals surface area contributed by atoms with Crippen molar-refractivity contribution in [1.29, 1.82) is 0 Å². The summed E-state index contributed by atoms with van der Waals surface area (Å²) in [6.45, 7) is 1.93. The highest BCUT2D eigenvalue weighted by atomic mass is 32.1. The van der Waals surface area contributed by atoms with Gasteiger partial charge in [0.25, 0.3) is 0 Å². The minimum absolute atomic E-state index is 0.0706. The first kappa shape index (κ1) is 14.5. The molecule has 2 aromatic heterocycles. The number of hydrogen-bond acceptors (Lipinski definition) is 5. The first-order valence-electron chi connectivity index (χ1n) is 6.74. The van der Waals surface area contributed by atoms with Gasteiger partial charge in [0.15, 0.2) is 0 Å². The Morgan fingerprint density at radius 2 is 1.82 bits per heavy atom. The van der Waals surface area contributed by atoms with Crippen LogP contribution in [0.5, 0.6) is 0 Å². The van der Waals surface area contributed by atoms with Crippen LogP contribution in [0.2, 0.25) is 0 Å². The Morgan fingerprint density at radius 1 is 1.09 bits per heavy atom. The topological polar surface area (TPSA) is 64.7 Å². The summed E-state index contributed by atoms with van der Waals surface area (Å²) in [7, 11) is 0. The number of nitrogens with zero attached hydrogens (tertiary/aromatic N) is 3. The average molecular weight is 312 g/mol. The molecule has 1 unspecified atom stereocenters. The lowest BCUT2D eigenvalue weighted by Gasteiger charge is -2.10. The van der Waals surface area contributed by atoms with Gasteiger partial charge < -0.3 is 5.73 Å². The van der Waals surface area contributed by atoms with Gasteiger partial charge in [-0.05, 0) is 41.8 Å². The number of pyridine rings is 1. The van der Waals surface area contributed by atoms with Gasteiger partial charge in [-0.3, -0.25) is 0 Å². The molecule has 4 nitrogen and oxygen atoms in total. The maximum Gasteiger partial charge on any atom is 0.220 e. The number of anilines is 1. The second-order valence-corrected chi connectivity index (χ2v) is 5.24. The summed E-state index contributed by atoms with van der Waals surface area (Å²) < 4.78 is 13.0. The molecule has 3 rings (SSSR count). The van der Waals surface area contributed by atoms with Crippen molar-refractivity contribution >= 4 is 34.6 Å². The maximum atomic E-state index is 13.0. The van der Waals surface area contributed by atoms with Crippen molar-refractivity contribution in [3.63, 3.8) is 0 Å². The Labute approximate surface area is 132 Å². The van der Waals surface area contributed by atoms with Crippen molar-refractivity contribution < 1.29 is 4.39 Å². The van der Waals surface area contributed by atoms with Gasteiger partial charge in [0.2, 0.25) is 5.95 Å². The van der Waals surface area contributed by atoms with Crippen LogP contribution < -0.4 is 5.73 Å². The van der Waals surface area contributed by atoms with Crippen LogP contribution in [0.25, 0.3) is 22.3 Å². The van der Waals surface area contributed by atoms with E-state index in [9.17, 15) is 4.39 Å². The second kappa shape index (κ2) is 5.73.